The van der Waals surface area contributed by atoms with E-state index in [0.29, 0.717) is 6.61 Å². The molecule has 1 amide bonds. The number of carbonyl (C=O) groups is 1. The summed E-state index contributed by atoms with van der Waals surface area (Å²) in [7, 11) is 1.90. The summed E-state index contributed by atoms with van der Waals surface area (Å²) in [5.41, 5.74) is 1.83. The number of nitrogens with zero attached hydrogens (tertiary/aromatic N) is 3. The van der Waals surface area contributed by atoms with Crippen molar-refractivity contribution in [3.05, 3.63) is 54.1 Å². The number of ether oxygens (including phenoxy) is 1. The lowest BCUT2D eigenvalue weighted by molar-refractivity contribution is -0.000669. The van der Waals surface area contributed by atoms with Crippen molar-refractivity contribution in [3.8, 4) is 0 Å². The maximum atomic E-state index is 12.4. The monoisotopic (exact) mass is 299 g/mol. The van der Waals surface area contributed by atoms with E-state index < -0.39 is 0 Å². The zero-order valence-corrected chi connectivity index (χ0v) is 12.8. The van der Waals surface area contributed by atoms with Gasteiger partial charge in [-0.25, -0.2) is 0 Å². The van der Waals surface area contributed by atoms with Gasteiger partial charge in [0.25, 0.3) is 5.91 Å². The van der Waals surface area contributed by atoms with E-state index in [1.165, 1.54) is 0 Å². The van der Waals surface area contributed by atoms with Crippen molar-refractivity contribution in [3.63, 3.8) is 0 Å². The van der Waals surface area contributed by atoms with E-state index >= 15 is 0 Å². The van der Waals surface area contributed by atoms with Crippen LogP contribution in [-0.4, -0.2) is 39.6 Å². The molecule has 0 saturated carbocycles. The second-order valence-corrected chi connectivity index (χ2v) is 5.67. The molecule has 116 valence electrons. The van der Waals surface area contributed by atoms with Crippen LogP contribution < -0.4 is 0 Å². The van der Waals surface area contributed by atoms with Gasteiger partial charge in [-0.3, -0.25) is 9.78 Å². The van der Waals surface area contributed by atoms with Crippen LogP contribution in [0, 0.1) is 0 Å². The molecule has 0 radical (unpaired) electrons. The maximum Gasteiger partial charge on any atom is 0.270 e. The molecule has 0 aliphatic carbocycles. The van der Waals surface area contributed by atoms with E-state index in [1.54, 1.807) is 6.20 Å². The Kier molecular flexibility index (Phi) is 4.53. The van der Waals surface area contributed by atoms with Gasteiger partial charge in [0, 0.05) is 38.7 Å². The predicted octanol–water partition coefficient (Wildman–Crippen LogP) is 2.24. The molecule has 1 fully saturated rings. The number of hydrogen-bond donors (Lipinski definition) is 0. The topological polar surface area (TPSA) is 47.4 Å². The second-order valence-electron chi connectivity index (χ2n) is 5.67. The zero-order valence-electron chi connectivity index (χ0n) is 12.8. The summed E-state index contributed by atoms with van der Waals surface area (Å²) in [6.07, 6.45) is 7.48. The van der Waals surface area contributed by atoms with Crippen LogP contribution in [0.1, 0.15) is 28.9 Å². The molecule has 0 aromatic carbocycles. The van der Waals surface area contributed by atoms with E-state index in [9.17, 15) is 4.79 Å². The van der Waals surface area contributed by atoms with Crippen LogP contribution in [0.25, 0.3) is 0 Å². The lowest BCUT2D eigenvalue weighted by Gasteiger charge is -2.32. The van der Waals surface area contributed by atoms with Crippen molar-refractivity contribution in [2.75, 3.05) is 13.1 Å². The lowest BCUT2D eigenvalue weighted by atomic mass is 10.1. The largest absolute Gasteiger partial charge is 0.373 e. The van der Waals surface area contributed by atoms with Crippen molar-refractivity contribution in [1.82, 2.24) is 14.5 Å². The SMILES string of the molecule is Cn1cccc1C(=O)N1CCC(OCc2cccnc2)CC1. The van der Waals surface area contributed by atoms with Crippen molar-refractivity contribution < 1.29 is 9.53 Å². The Morgan fingerprint density at radius 1 is 1.32 bits per heavy atom. The van der Waals surface area contributed by atoms with E-state index in [1.807, 2.05) is 53.2 Å². The van der Waals surface area contributed by atoms with Gasteiger partial charge in [0.05, 0.1) is 12.7 Å². The number of likely N-dealkylation sites (tertiary alicyclic amines) is 1. The molecule has 5 heteroatoms. The highest BCUT2D eigenvalue weighted by atomic mass is 16.5. The molecule has 22 heavy (non-hydrogen) atoms. The first-order valence-corrected chi connectivity index (χ1v) is 7.65. The highest BCUT2D eigenvalue weighted by Gasteiger charge is 2.25. The van der Waals surface area contributed by atoms with Gasteiger partial charge in [0.1, 0.15) is 5.69 Å². The van der Waals surface area contributed by atoms with E-state index in [0.717, 1.165) is 37.2 Å². The summed E-state index contributed by atoms with van der Waals surface area (Å²) in [5.74, 6) is 0.109. The second kappa shape index (κ2) is 6.75. The molecule has 0 atom stereocenters. The van der Waals surface area contributed by atoms with Gasteiger partial charge in [-0.2, -0.15) is 0 Å². The average Bonchev–Trinajstić information content (AvgIpc) is 3.00. The average molecular weight is 299 g/mol. The Labute approximate surface area is 130 Å². The molecule has 0 N–H and O–H groups in total. The third-order valence-electron chi connectivity index (χ3n) is 4.10. The summed E-state index contributed by atoms with van der Waals surface area (Å²) >= 11 is 0. The van der Waals surface area contributed by atoms with Gasteiger partial charge < -0.3 is 14.2 Å². The summed E-state index contributed by atoms with van der Waals surface area (Å²) < 4.78 is 7.80. The highest BCUT2D eigenvalue weighted by molar-refractivity contribution is 5.92. The van der Waals surface area contributed by atoms with E-state index in [-0.39, 0.29) is 12.0 Å². The number of aryl methyl sites for hydroxylation is 1. The smallest absolute Gasteiger partial charge is 0.270 e. The number of aromatic nitrogens is 2. The molecule has 1 aliphatic heterocycles. The van der Waals surface area contributed by atoms with Crippen LogP contribution in [0.5, 0.6) is 0 Å². The van der Waals surface area contributed by atoms with Crippen LogP contribution in [0.4, 0.5) is 0 Å². The fourth-order valence-corrected chi connectivity index (χ4v) is 2.77. The van der Waals surface area contributed by atoms with Crippen LogP contribution in [0.3, 0.4) is 0 Å². The Morgan fingerprint density at radius 3 is 2.77 bits per heavy atom. The minimum atomic E-state index is 0.109. The van der Waals surface area contributed by atoms with Gasteiger partial charge in [-0.05, 0) is 36.6 Å². The number of carbonyl (C=O) groups excluding carboxylic acids is 1. The van der Waals surface area contributed by atoms with Crippen molar-refractivity contribution in [2.24, 2.45) is 7.05 Å². The van der Waals surface area contributed by atoms with Crippen molar-refractivity contribution in [1.29, 1.82) is 0 Å². The highest BCUT2D eigenvalue weighted by Crippen LogP contribution is 2.17. The van der Waals surface area contributed by atoms with E-state index in [2.05, 4.69) is 4.98 Å². The first-order valence-electron chi connectivity index (χ1n) is 7.65. The normalized spacial score (nSPS) is 16.0. The van der Waals surface area contributed by atoms with Crippen LogP contribution in [0.2, 0.25) is 0 Å². The molecule has 0 bridgehead atoms. The quantitative estimate of drug-likeness (QED) is 0.870. The Bertz CT molecular complexity index is 616. The van der Waals surface area contributed by atoms with Gasteiger partial charge in [0.2, 0.25) is 0 Å². The predicted molar refractivity (Wildman–Crippen MR) is 83.4 cm³/mol. The molecular weight excluding hydrogens is 278 g/mol. The molecule has 2 aromatic rings. The fraction of sp³-hybridized carbons (Fsp3) is 0.412. The molecule has 1 saturated heterocycles. The first kappa shape index (κ1) is 14.8. The number of hydrogen-bond acceptors (Lipinski definition) is 3. The Morgan fingerprint density at radius 2 is 2.14 bits per heavy atom. The number of piperidine rings is 1. The maximum absolute atomic E-state index is 12.4. The zero-order chi connectivity index (χ0) is 15.4. The number of amides is 1. The van der Waals surface area contributed by atoms with Gasteiger partial charge in [-0.1, -0.05) is 6.07 Å². The summed E-state index contributed by atoms with van der Waals surface area (Å²) in [6, 6.07) is 7.70. The van der Waals surface area contributed by atoms with Gasteiger partial charge in [-0.15, -0.1) is 0 Å². The molecule has 3 heterocycles. The Hall–Kier alpha value is -2.14. The molecule has 3 rings (SSSR count). The fourth-order valence-electron chi connectivity index (χ4n) is 2.77. The third kappa shape index (κ3) is 3.36. The Balaban J connectivity index is 1.48. The van der Waals surface area contributed by atoms with E-state index in [4.69, 9.17) is 4.74 Å². The van der Waals surface area contributed by atoms with Gasteiger partial charge >= 0.3 is 0 Å². The molecule has 0 unspecified atom stereocenters. The standard InChI is InChI=1S/C17H21N3O2/c1-19-9-3-5-16(19)17(21)20-10-6-15(7-11-20)22-13-14-4-2-8-18-12-14/h2-5,8-9,12,15H,6-7,10-11,13H2,1H3. The van der Waals surface area contributed by atoms with Crippen LogP contribution in [-0.2, 0) is 18.4 Å². The summed E-state index contributed by atoms with van der Waals surface area (Å²) in [5, 5.41) is 0. The summed E-state index contributed by atoms with van der Waals surface area (Å²) in [4.78, 5) is 18.4. The number of pyridine rings is 1. The van der Waals surface area contributed by atoms with Crippen LogP contribution >= 0.6 is 0 Å². The first-order chi connectivity index (χ1) is 10.7. The molecule has 0 spiro atoms. The third-order valence-corrected chi connectivity index (χ3v) is 4.10. The molecule has 5 nitrogen and oxygen atoms in total. The molecular formula is C17H21N3O2. The van der Waals surface area contributed by atoms with Gasteiger partial charge in [0.15, 0.2) is 0 Å². The number of rotatable bonds is 4. The molecule has 2 aromatic heterocycles. The molecule has 1 aliphatic rings. The van der Waals surface area contributed by atoms with Crippen LogP contribution in [0.15, 0.2) is 42.9 Å². The summed E-state index contributed by atoms with van der Waals surface area (Å²) in [6.45, 7) is 2.09. The minimum absolute atomic E-state index is 0.109. The lowest BCUT2D eigenvalue weighted by Crippen LogP contribution is -2.41. The van der Waals surface area contributed by atoms with Crippen molar-refractivity contribution >= 4 is 5.91 Å². The minimum Gasteiger partial charge on any atom is -0.373 e. The van der Waals surface area contributed by atoms with Crippen molar-refractivity contribution in [2.45, 2.75) is 25.6 Å².